The molecule has 1 aromatic carbocycles. The minimum atomic E-state index is -0.883. The molecule has 1 heterocycles. The fourth-order valence-corrected chi connectivity index (χ4v) is 1.60. The molecular formula is C12H10F2N4O2. The molecule has 1 aromatic heterocycles. The molecule has 0 aliphatic heterocycles. The first-order chi connectivity index (χ1) is 9.40. The summed E-state index contributed by atoms with van der Waals surface area (Å²) < 4.78 is 27.5. The van der Waals surface area contributed by atoms with Crippen LogP contribution in [0.5, 0.6) is 0 Å². The van der Waals surface area contributed by atoms with E-state index in [4.69, 9.17) is 5.73 Å². The van der Waals surface area contributed by atoms with Crippen LogP contribution < -0.4 is 11.1 Å². The van der Waals surface area contributed by atoms with Gasteiger partial charge in [0.25, 0.3) is 0 Å². The van der Waals surface area contributed by atoms with Gasteiger partial charge in [-0.1, -0.05) is 6.07 Å². The molecule has 2 aromatic rings. The van der Waals surface area contributed by atoms with Gasteiger partial charge in [0.15, 0.2) is 5.82 Å². The Hall–Kier alpha value is -2.77. The van der Waals surface area contributed by atoms with Crippen molar-refractivity contribution in [2.45, 2.75) is 6.92 Å². The third-order valence-electron chi connectivity index (χ3n) is 2.62. The second-order valence-electron chi connectivity index (χ2n) is 4.04. The number of aryl methyl sites for hydroxylation is 1. The van der Waals surface area contributed by atoms with Gasteiger partial charge < -0.3 is 11.1 Å². The maximum Gasteiger partial charge on any atom is 0.311 e. The lowest BCUT2D eigenvalue weighted by Crippen LogP contribution is -2.05. The van der Waals surface area contributed by atoms with Crippen LogP contribution in [0.2, 0.25) is 0 Å². The quantitative estimate of drug-likeness (QED) is 0.666. The lowest BCUT2D eigenvalue weighted by molar-refractivity contribution is -0.384. The van der Waals surface area contributed by atoms with E-state index in [1.807, 2.05) is 0 Å². The molecule has 0 atom stereocenters. The van der Waals surface area contributed by atoms with Crippen molar-refractivity contribution in [1.82, 2.24) is 4.98 Å². The van der Waals surface area contributed by atoms with Crippen molar-refractivity contribution in [3.63, 3.8) is 0 Å². The zero-order chi connectivity index (χ0) is 14.9. The summed E-state index contributed by atoms with van der Waals surface area (Å²) >= 11 is 0. The van der Waals surface area contributed by atoms with Gasteiger partial charge in [0, 0.05) is 6.07 Å². The minimum Gasteiger partial charge on any atom is -0.384 e. The van der Waals surface area contributed by atoms with E-state index in [0.717, 1.165) is 12.1 Å². The van der Waals surface area contributed by atoms with Crippen LogP contribution in [0.15, 0.2) is 24.3 Å². The van der Waals surface area contributed by atoms with Crippen LogP contribution in [-0.2, 0) is 0 Å². The monoisotopic (exact) mass is 280 g/mol. The summed E-state index contributed by atoms with van der Waals surface area (Å²) in [5, 5.41) is 13.1. The molecule has 104 valence electrons. The number of anilines is 3. The van der Waals surface area contributed by atoms with Crippen LogP contribution >= 0.6 is 0 Å². The van der Waals surface area contributed by atoms with Crippen molar-refractivity contribution in [3.8, 4) is 0 Å². The SMILES string of the molecule is Cc1ccc(F)c(Nc2nc(N)ccc2[N+](=O)[O-])c1F. The van der Waals surface area contributed by atoms with E-state index in [-0.39, 0.29) is 17.2 Å². The molecule has 0 radical (unpaired) electrons. The van der Waals surface area contributed by atoms with E-state index in [1.54, 1.807) is 0 Å². The van der Waals surface area contributed by atoms with Gasteiger partial charge in [0.2, 0.25) is 5.82 Å². The Labute approximate surface area is 112 Å². The fourth-order valence-electron chi connectivity index (χ4n) is 1.60. The van der Waals surface area contributed by atoms with Crippen LogP contribution in [-0.4, -0.2) is 9.91 Å². The van der Waals surface area contributed by atoms with Crippen LogP contribution in [0.4, 0.5) is 31.8 Å². The molecule has 2 rings (SSSR count). The van der Waals surface area contributed by atoms with Crippen molar-refractivity contribution < 1.29 is 13.7 Å². The Morgan fingerprint density at radius 2 is 2.00 bits per heavy atom. The van der Waals surface area contributed by atoms with Crippen LogP contribution in [0.3, 0.4) is 0 Å². The molecule has 20 heavy (non-hydrogen) atoms. The summed E-state index contributed by atoms with van der Waals surface area (Å²) in [5.74, 6) is -2.06. The predicted molar refractivity (Wildman–Crippen MR) is 69.7 cm³/mol. The topological polar surface area (TPSA) is 94.1 Å². The van der Waals surface area contributed by atoms with Gasteiger partial charge in [-0.3, -0.25) is 10.1 Å². The number of nitro groups is 1. The normalized spacial score (nSPS) is 10.3. The van der Waals surface area contributed by atoms with E-state index >= 15 is 0 Å². The number of aromatic nitrogens is 1. The highest BCUT2D eigenvalue weighted by Crippen LogP contribution is 2.30. The summed E-state index contributed by atoms with van der Waals surface area (Å²) in [4.78, 5) is 13.8. The van der Waals surface area contributed by atoms with Crippen molar-refractivity contribution in [3.05, 3.63) is 51.6 Å². The van der Waals surface area contributed by atoms with Gasteiger partial charge >= 0.3 is 5.69 Å². The lowest BCUT2D eigenvalue weighted by Gasteiger charge is -2.10. The Morgan fingerprint density at radius 1 is 1.30 bits per heavy atom. The first-order valence-electron chi connectivity index (χ1n) is 5.52. The number of nitrogens with zero attached hydrogens (tertiary/aromatic N) is 2. The number of nitrogens with two attached hydrogens (primary N) is 1. The van der Waals surface area contributed by atoms with Crippen molar-refractivity contribution in [1.29, 1.82) is 0 Å². The average molecular weight is 280 g/mol. The Bertz CT molecular complexity index is 691. The molecule has 6 nitrogen and oxygen atoms in total. The molecule has 0 amide bonds. The fraction of sp³-hybridized carbons (Fsp3) is 0.0833. The highest BCUT2D eigenvalue weighted by atomic mass is 19.1. The van der Waals surface area contributed by atoms with Gasteiger partial charge in [-0.15, -0.1) is 0 Å². The Morgan fingerprint density at radius 3 is 2.65 bits per heavy atom. The second-order valence-corrected chi connectivity index (χ2v) is 4.04. The Kier molecular flexibility index (Phi) is 3.47. The largest absolute Gasteiger partial charge is 0.384 e. The summed E-state index contributed by atoms with van der Waals surface area (Å²) in [5.41, 5.74) is 4.68. The van der Waals surface area contributed by atoms with Gasteiger partial charge in [0.1, 0.15) is 17.3 Å². The van der Waals surface area contributed by atoms with Crippen LogP contribution in [0, 0.1) is 28.7 Å². The first-order valence-corrected chi connectivity index (χ1v) is 5.52. The molecule has 0 saturated heterocycles. The first kappa shape index (κ1) is 13.7. The van der Waals surface area contributed by atoms with Gasteiger partial charge in [-0.05, 0) is 24.6 Å². The summed E-state index contributed by atoms with van der Waals surface area (Å²) in [6.45, 7) is 1.45. The lowest BCUT2D eigenvalue weighted by atomic mass is 10.2. The maximum absolute atomic E-state index is 13.9. The summed E-state index contributed by atoms with van der Waals surface area (Å²) in [6, 6.07) is 4.65. The zero-order valence-corrected chi connectivity index (χ0v) is 10.4. The number of halogens is 2. The predicted octanol–water partition coefficient (Wildman–Crippen LogP) is 2.90. The standard InChI is InChI=1S/C12H10F2N4O2/c1-6-2-3-7(13)11(10(6)14)17-12-8(18(19)20)4-5-9(15)16-12/h2-5H,1H3,(H3,15,16,17). The van der Waals surface area contributed by atoms with Gasteiger partial charge in [-0.25, -0.2) is 13.8 Å². The van der Waals surface area contributed by atoms with Crippen molar-refractivity contribution in [2.75, 3.05) is 11.1 Å². The van der Waals surface area contributed by atoms with E-state index < -0.39 is 27.9 Å². The van der Waals surface area contributed by atoms with Crippen LogP contribution in [0.25, 0.3) is 0 Å². The van der Waals surface area contributed by atoms with Crippen molar-refractivity contribution in [2.24, 2.45) is 0 Å². The molecule has 0 spiro atoms. The molecule has 0 fully saturated rings. The molecule has 0 bridgehead atoms. The molecule has 8 heteroatoms. The number of pyridine rings is 1. The van der Waals surface area contributed by atoms with E-state index in [1.165, 1.54) is 19.1 Å². The number of benzene rings is 1. The van der Waals surface area contributed by atoms with E-state index in [0.29, 0.717) is 0 Å². The van der Waals surface area contributed by atoms with Gasteiger partial charge in [-0.2, -0.15) is 0 Å². The molecule has 3 N–H and O–H groups in total. The van der Waals surface area contributed by atoms with Crippen LogP contribution in [0.1, 0.15) is 5.56 Å². The maximum atomic E-state index is 13.9. The number of rotatable bonds is 3. The number of nitrogen functional groups attached to an aromatic ring is 1. The van der Waals surface area contributed by atoms with E-state index in [2.05, 4.69) is 10.3 Å². The third-order valence-corrected chi connectivity index (χ3v) is 2.62. The zero-order valence-electron chi connectivity index (χ0n) is 10.4. The number of hydrogen-bond acceptors (Lipinski definition) is 5. The molecule has 0 unspecified atom stereocenters. The van der Waals surface area contributed by atoms with Crippen molar-refractivity contribution >= 4 is 23.0 Å². The molecule has 0 aliphatic rings. The third kappa shape index (κ3) is 2.48. The number of nitrogens with one attached hydrogen (secondary N) is 1. The molecule has 0 aliphatic carbocycles. The minimum absolute atomic E-state index is 0.00781. The van der Waals surface area contributed by atoms with Gasteiger partial charge in [0.05, 0.1) is 4.92 Å². The molecular weight excluding hydrogens is 270 g/mol. The van der Waals surface area contributed by atoms with E-state index in [9.17, 15) is 18.9 Å². The summed E-state index contributed by atoms with van der Waals surface area (Å²) in [6.07, 6.45) is 0. The summed E-state index contributed by atoms with van der Waals surface area (Å²) in [7, 11) is 0. The highest BCUT2D eigenvalue weighted by molar-refractivity contribution is 5.68. The highest BCUT2D eigenvalue weighted by Gasteiger charge is 2.19. The Balaban J connectivity index is 2.53. The number of hydrogen-bond donors (Lipinski definition) is 2. The second kappa shape index (κ2) is 5.08. The smallest absolute Gasteiger partial charge is 0.311 e. The molecule has 0 saturated carbocycles. The average Bonchev–Trinajstić information content (AvgIpc) is 2.39.